The summed E-state index contributed by atoms with van der Waals surface area (Å²) in [6, 6.07) is 12.3. The van der Waals surface area contributed by atoms with Gasteiger partial charge in [0.25, 0.3) is 5.91 Å². The van der Waals surface area contributed by atoms with Gasteiger partial charge in [0.15, 0.2) is 6.61 Å². The average molecular weight is 285 g/mol. The molecule has 1 aromatic carbocycles. The van der Waals surface area contributed by atoms with Crippen LogP contribution < -0.4 is 15.8 Å². The Morgan fingerprint density at radius 2 is 1.90 bits per heavy atom. The van der Waals surface area contributed by atoms with Crippen LogP contribution in [0.15, 0.2) is 48.7 Å². The smallest absolute Gasteiger partial charge is 0.263 e. The van der Waals surface area contributed by atoms with Crippen LogP contribution in [0.4, 0.5) is 5.82 Å². The molecule has 0 aliphatic heterocycles. The van der Waals surface area contributed by atoms with E-state index in [4.69, 9.17) is 10.5 Å². The number of nitrogens with zero attached hydrogens (tertiary/aromatic N) is 1. The van der Waals surface area contributed by atoms with E-state index in [0.29, 0.717) is 17.1 Å². The second-order valence-corrected chi connectivity index (χ2v) is 4.34. The topological polar surface area (TPSA) is 94.3 Å². The zero-order chi connectivity index (χ0) is 15.1. The molecule has 0 saturated carbocycles. The number of carbonyl (C=O) groups excluding carboxylic acids is 2. The fraction of sp³-hybridized carbons (Fsp3) is 0.133. The number of anilines is 1. The first-order chi connectivity index (χ1) is 10.1. The van der Waals surface area contributed by atoms with Crippen molar-refractivity contribution in [3.63, 3.8) is 0 Å². The lowest BCUT2D eigenvalue weighted by Crippen LogP contribution is -2.21. The second-order valence-electron chi connectivity index (χ2n) is 4.34. The zero-order valence-corrected chi connectivity index (χ0v) is 11.3. The molecule has 2 rings (SSSR count). The number of carbonyl (C=O) groups is 2. The predicted molar refractivity (Wildman–Crippen MR) is 77.7 cm³/mol. The van der Waals surface area contributed by atoms with Gasteiger partial charge in [0.2, 0.25) is 5.91 Å². The van der Waals surface area contributed by atoms with Crippen molar-refractivity contribution in [3.8, 4) is 5.75 Å². The minimum atomic E-state index is -0.426. The van der Waals surface area contributed by atoms with Crippen molar-refractivity contribution >= 4 is 17.6 Å². The molecule has 6 nitrogen and oxygen atoms in total. The van der Waals surface area contributed by atoms with Gasteiger partial charge in [-0.25, -0.2) is 4.98 Å². The predicted octanol–water partition coefficient (Wildman–Crippen LogP) is 1.13. The molecule has 2 amide bonds. The van der Waals surface area contributed by atoms with Gasteiger partial charge >= 0.3 is 0 Å². The van der Waals surface area contributed by atoms with E-state index in [2.05, 4.69) is 10.3 Å². The van der Waals surface area contributed by atoms with Gasteiger partial charge in [-0.3, -0.25) is 9.59 Å². The Kier molecular flexibility index (Phi) is 4.87. The Hall–Kier alpha value is -2.89. The van der Waals surface area contributed by atoms with Crippen molar-refractivity contribution in [2.45, 2.75) is 6.42 Å². The van der Waals surface area contributed by atoms with Crippen LogP contribution in [-0.2, 0) is 16.0 Å². The Morgan fingerprint density at radius 1 is 1.14 bits per heavy atom. The first-order valence-corrected chi connectivity index (χ1v) is 6.34. The number of hydrogen-bond acceptors (Lipinski definition) is 4. The highest BCUT2D eigenvalue weighted by Gasteiger charge is 2.05. The fourth-order valence-corrected chi connectivity index (χ4v) is 1.65. The largest absolute Gasteiger partial charge is 0.484 e. The maximum Gasteiger partial charge on any atom is 0.263 e. The second kappa shape index (κ2) is 7.04. The quantitative estimate of drug-likeness (QED) is 0.831. The lowest BCUT2D eigenvalue weighted by Gasteiger charge is -2.07. The van der Waals surface area contributed by atoms with Gasteiger partial charge in [0.05, 0.1) is 6.42 Å². The summed E-state index contributed by atoms with van der Waals surface area (Å²) in [4.78, 5) is 26.5. The number of rotatable bonds is 6. The van der Waals surface area contributed by atoms with Crippen molar-refractivity contribution in [1.29, 1.82) is 0 Å². The van der Waals surface area contributed by atoms with Crippen LogP contribution in [0, 0.1) is 0 Å². The number of hydrogen-bond donors (Lipinski definition) is 2. The summed E-state index contributed by atoms with van der Waals surface area (Å²) in [5.41, 5.74) is 5.78. The zero-order valence-electron chi connectivity index (χ0n) is 11.3. The van der Waals surface area contributed by atoms with E-state index in [9.17, 15) is 9.59 Å². The molecule has 0 bridgehead atoms. The average Bonchev–Trinajstić information content (AvgIpc) is 2.48. The van der Waals surface area contributed by atoms with E-state index in [-0.39, 0.29) is 18.9 Å². The van der Waals surface area contributed by atoms with Crippen molar-refractivity contribution in [3.05, 3.63) is 54.2 Å². The first kappa shape index (κ1) is 14.5. The van der Waals surface area contributed by atoms with Crippen molar-refractivity contribution in [1.82, 2.24) is 4.98 Å². The first-order valence-electron chi connectivity index (χ1n) is 6.34. The molecule has 6 heteroatoms. The Morgan fingerprint density at radius 3 is 2.52 bits per heavy atom. The number of nitrogens with two attached hydrogens (primary N) is 1. The minimum absolute atomic E-state index is 0.102. The molecule has 0 unspecified atom stereocenters. The van der Waals surface area contributed by atoms with Crippen LogP contribution in [0.5, 0.6) is 5.75 Å². The van der Waals surface area contributed by atoms with Crippen molar-refractivity contribution in [2.75, 3.05) is 11.9 Å². The molecule has 3 N–H and O–H groups in total. The van der Waals surface area contributed by atoms with E-state index < -0.39 is 5.91 Å². The maximum atomic E-state index is 11.7. The molecule has 0 aliphatic rings. The fourth-order valence-electron chi connectivity index (χ4n) is 1.65. The van der Waals surface area contributed by atoms with E-state index in [1.807, 2.05) is 18.2 Å². The third-order valence-corrected chi connectivity index (χ3v) is 2.58. The molecule has 0 saturated heterocycles. The van der Waals surface area contributed by atoms with Crippen LogP contribution in [0.3, 0.4) is 0 Å². The molecule has 1 heterocycles. The molecule has 0 atom stereocenters. The third kappa shape index (κ3) is 4.94. The van der Waals surface area contributed by atoms with Gasteiger partial charge in [-0.2, -0.15) is 0 Å². The highest BCUT2D eigenvalue weighted by Crippen LogP contribution is 2.09. The Bertz CT molecular complexity index is 612. The maximum absolute atomic E-state index is 11.7. The van der Waals surface area contributed by atoms with Gasteiger partial charge in [0, 0.05) is 6.20 Å². The summed E-state index contributed by atoms with van der Waals surface area (Å²) >= 11 is 0. The summed E-state index contributed by atoms with van der Waals surface area (Å²) in [6.45, 7) is -0.102. The summed E-state index contributed by atoms with van der Waals surface area (Å²) in [5.74, 6) is 0.279. The lowest BCUT2D eigenvalue weighted by atomic mass is 10.2. The summed E-state index contributed by atoms with van der Waals surface area (Å²) in [5, 5.41) is 2.60. The minimum Gasteiger partial charge on any atom is -0.484 e. The number of amides is 2. The number of primary amides is 1. The summed E-state index contributed by atoms with van der Waals surface area (Å²) in [7, 11) is 0. The van der Waals surface area contributed by atoms with E-state index in [0.717, 1.165) is 0 Å². The van der Waals surface area contributed by atoms with Crippen molar-refractivity contribution in [2.24, 2.45) is 5.73 Å². The third-order valence-electron chi connectivity index (χ3n) is 2.58. The van der Waals surface area contributed by atoms with E-state index in [1.165, 1.54) is 6.20 Å². The molecule has 0 spiro atoms. The molecular formula is C15H15N3O3. The molecule has 2 aromatic rings. The van der Waals surface area contributed by atoms with Gasteiger partial charge in [-0.15, -0.1) is 0 Å². The number of ether oxygens (including phenoxy) is 1. The van der Waals surface area contributed by atoms with E-state index in [1.54, 1.807) is 24.3 Å². The number of pyridine rings is 1. The Balaban J connectivity index is 1.83. The standard InChI is InChI=1S/C15H15N3O3/c16-13(19)8-11-6-7-14(17-9-11)18-15(20)10-21-12-4-2-1-3-5-12/h1-7,9H,8,10H2,(H2,16,19)(H,17,18,20). The number of para-hydroxylation sites is 1. The number of nitrogens with one attached hydrogen (secondary N) is 1. The summed E-state index contributed by atoms with van der Waals surface area (Å²) in [6.07, 6.45) is 1.62. The molecular weight excluding hydrogens is 270 g/mol. The molecule has 108 valence electrons. The molecule has 0 radical (unpaired) electrons. The monoisotopic (exact) mass is 285 g/mol. The van der Waals surface area contributed by atoms with Crippen LogP contribution >= 0.6 is 0 Å². The normalized spacial score (nSPS) is 9.90. The number of benzene rings is 1. The molecule has 0 aliphatic carbocycles. The lowest BCUT2D eigenvalue weighted by molar-refractivity contribution is -0.118. The summed E-state index contributed by atoms with van der Waals surface area (Å²) < 4.78 is 5.32. The van der Waals surface area contributed by atoms with Crippen LogP contribution in [-0.4, -0.2) is 23.4 Å². The van der Waals surface area contributed by atoms with Crippen LogP contribution in [0.25, 0.3) is 0 Å². The SMILES string of the molecule is NC(=O)Cc1ccc(NC(=O)COc2ccccc2)nc1. The molecule has 21 heavy (non-hydrogen) atoms. The van der Waals surface area contributed by atoms with Crippen LogP contribution in [0.1, 0.15) is 5.56 Å². The van der Waals surface area contributed by atoms with Gasteiger partial charge in [0.1, 0.15) is 11.6 Å². The van der Waals surface area contributed by atoms with Crippen LogP contribution in [0.2, 0.25) is 0 Å². The molecule has 0 fully saturated rings. The van der Waals surface area contributed by atoms with Crippen molar-refractivity contribution < 1.29 is 14.3 Å². The van der Waals surface area contributed by atoms with Gasteiger partial charge in [-0.1, -0.05) is 24.3 Å². The highest BCUT2D eigenvalue weighted by molar-refractivity contribution is 5.91. The number of aromatic nitrogens is 1. The van der Waals surface area contributed by atoms with E-state index >= 15 is 0 Å². The van der Waals surface area contributed by atoms with Gasteiger partial charge < -0.3 is 15.8 Å². The molecule has 1 aromatic heterocycles. The highest BCUT2D eigenvalue weighted by atomic mass is 16.5. The Labute approximate surface area is 121 Å². The van der Waals surface area contributed by atoms with Gasteiger partial charge in [-0.05, 0) is 23.8 Å².